The van der Waals surface area contributed by atoms with Crippen molar-refractivity contribution in [1.82, 2.24) is 10.2 Å². The van der Waals surface area contributed by atoms with E-state index in [1.54, 1.807) is 12.1 Å². The predicted octanol–water partition coefficient (Wildman–Crippen LogP) is 5.42. The van der Waals surface area contributed by atoms with E-state index in [1.807, 2.05) is 17.0 Å². The number of hydrogen-bond donors (Lipinski definition) is 3. The van der Waals surface area contributed by atoms with Gasteiger partial charge in [-0.3, -0.25) is 14.6 Å². The second-order valence-corrected chi connectivity index (χ2v) is 12.5. The van der Waals surface area contributed by atoms with E-state index in [1.165, 1.54) is 12.1 Å². The second kappa shape index (κ2) is 12.6. The van der Waals surface area contributed by atoms with Crippen molar-refractivity contribution in [3.05, 3.63) is 70.8 Å². The summed E-state index contributed by atoms with van der Waals surface area (Å²) in [7, 11) is 0. The van der Waals surface area contributed by atoms with Gasteiger partial charge in [-0.25, -0.2) is 8.78 Å². The normalized spacial score (nSPS) is 21.9. The van der Waals surface area contributed by atoms with E-state index in [0.717, 1.165) is 37.3 Å². The molecule has 1 atom stereocenters. The summed E-state index contributed by atoms with van der Waals surface area (Å²) in [5, 5.41) is 6.03. The number of amidine groups is 1. The number of hydrazone groups is 1. The number of halogens is 2. The maximum absolute atomic E-state index is 14.3. The van der Waals surface area contributed by atoms with E-state index < -0.39 is 17.3 Å². The number of nitrogens with one attached hydrogen (secondary N) is 1. The molecule has 1 fully saturated rings. The molecule has 226 valence electrons. The standard InChI is InChI=1S/C32H42F2N6O2/c1-5-6-7-26(20-8-10-21(11-9-20)29(41)37-19-27(35)39-36)40-30(42)28(22-16-24(33)18-25(34)17-22)38-32(40)14-12-23(13-15-32)31(2,3)4/h8-11,16-18,23,26H,5-7,12-15,19,36H2,1-4H3,(H2,35,39)(H,37,41). The average molecular weight is 581 g/mol. The number of carbonyl (C=O) groups excluding carboxylic acids is 2. The Morgan fingerprint density at radius 2 is 1.76 bits per heavy atom. The fraction of sp³-hybridized carbons (Fsp3) is 0.500. The molecule has 2 aliphatic rings. The lowest BCUT2D eigenvalue weighted by atomic mass is 9.69. The summed E-state index contributed by atoms with van der Waals surface area (Å²) in [5.74, 6) is 3.56. The predicted molar refractivity (Wildman–Crippen MR) is 161 cm³/mol. The monoisotopic (exact) mass is 580 g/mol. The largest absolute Gasteiger partial charge is 0.384 e. The molecule has 1 aliphatic carbocycles. The van der Waals surface area contributed by atoms with Crippen LogP contribution in [-0.2, 0) is 4.79 Å². The molecule has 1 heterocycles. The molecule has 5 N–H and O–H groups in total. The smallest absolute Gasteiger partial charge is 0.275 e. The van der Waals surface area contributed by atoms with Gasteiger partial charge in [-0.2, -0.15) is 5.10 Å². The van der Waals surface area contributed by atoms with Crippen molar-refractivity contribution in [2.24, 2.45) is 33.0 Å². The van der Waals surface area contributed by atoms with E-state index in [-0.39, 0.29) is 46.9 Å². The maximum Gasteiger partial charge on any atom is 0.275 e. The van der Waals surface area contributed by atoms with Crippen molar-refractivity contribution >= 4 is 23.4 Å². The van der Waals surface area contributed by atoms with Crippen LogP contribution in [0.3, 0.4) is 0 Å². The van der Waals surface area contributed by atoms with Crippen LogP contribution in [0.25, 0.3) is 0 Å². The van der Waals surface area contributed by atoms with Gasteiger partial charge in [0.05, 0.1) is 12.6 Å². The zero-order chi connectivity index (χ0) is 30.7. The summed E-state index contributed by atoms with van der Waals surface area (Å²) in [6.45, 7) is 8.81. The van der Waals surface area contributed by atoms with Crippen LogP contribution in [0.2, 0.25) is 0 Å². The van der Waals surface area contributed by atoms with E-state index in [4.69, 9.17) is 16.6 Å². The van der Waals surface area contributed by atoms with Crippen LogP contribution in [-0.4, -0.2) is 40.5 Å². The summed E-state index contributed by atoms with van der Waals surface area (Å²) in [4.78, 5) is 33.8. The summed E-state index contributed by atoms with van der Waals surface area (Å²) < 4.78 is 28.5. The topological polar surface area (TPSA) is 126 Å². The molecule has 42 heavy (non-hydrogen) atoms. The number of carbonyl (C=O) groups is 2. The highest BCUT2D eigenvalue weighted by molar-refractivity contribution is 6.46. The molecule has 1 unspecified atom stereocenters. The number of nitrogens with two attached hydrogens (primary N) is 2. The first-order chi connectivity index (χ1) is 19.9. The molecule has 8 nitrogen and oxygen atoms in total. The summed E-state index contributed by atoms with van der Waals surface area (Å²) >= 11 is 0. The van der Waals surface area contributed by atoms with Crippen LogP contribution < -0.4 is 16.9 Å². The van der Waals surface area contributed by atoms with Crippen molar-refractivity contribution in [3.8, 4) is 0 Å². The molecule has 2 amide bonds. The van der Waals surface area contributed by atoms with Gasteiger partial charge in [0.15, 0.2) is 0 Å². The fourth-order valence-corrected chi connectivity index (χ4v) is 6.24. The first-order valence-corrected chi connectivity index (χ1v) is 14.7. The lowest BCUT2D eigenvalue weighted by molar-refractivity contribution is -0.133. The molecule has 4 rings (SSSR count). The molecule has 1 saturated carbocycles. The zero-order valence-electron chi connectivity index (χ0n) is 24.9. The molecule has 10 heteroatoms. The molecule has 2 aromatic rings. The molecule has 2 aromatic carbocycles. The summed E-state index contributed by atoms with van der Waals surface area (Å²) in [5.41, 5.74) is 6.43. The summed E-state index contributed by atoms with van der Waals surface area (Å²) in [6.07, 6.45) is 5.56. The number of benzene rings is 2. The minimum absolute atomic E-state index is 0.0252. The Balaban J connectivity index is 1.72. The maximum atomic E-state index is 14.3. The van der Waals surface area contributed by atoms with Gasteiger partial charge in [-0.05, 0) is 73.3 Å². The van der Waals surface area contributed by atoms with E-state index in [9.17, 15) is 18.4 Å². The Kier molecular flexibility index (Phi) is 9.33. The number of aliphatic imine (C=N–C) groups is 1. The highest BCUT2D eigenvalue weighted by atomic mass is 19.1. The number of unbranched alkanes of at least 4 members (excludes halogenated alkanes) is 1. The SMILES string of the molecule is CCCCC(c1ccc(C(=O)NCC(N)=NN)cc1)N1C(=O)C(c2cc(F)cc(F)c2)=NC12CCC(C(C)(C)C)CC2. The Bertz CT molecular complexity index is 1340. The Labute approximate surface area is 246 Å². The first kappa shape index (κ1) is 31.1. The minimum Gasteiger partial charge on any atom is -0.384 e. The van der Waals surface area contributed by atoms with Crippen molar-refractivity contribution in [1.29, 1.82) is 0 Å². The van der Waals surface area contributed by atoms with Gasteiger partial charge in [-0.15, -0.1) is 0 Å². The zero-order valence-corrected chi connectivity index (χ0v) is 24.9. The second-order valence-electron chi connectivity index (χ2n) is 12.5. The van der Waals surface area contributed by atoms with Gasteiger partial charge in [0.2, 0.25) is 0 Å². The van der Waals surface area contributed by atoms with Crippen molar-refractivity contribution in [2.45, 2.75) is 84.3 Å². The fourth-order valence-electron chi connectivity index (χ4n) is 6.24. The van der Waals surface area contributed by atoms with Crippen LogP contribution in [0, 0.1) is 23.0 Å². The average Bonchev–Trinajstić information content (AvgIpc) is 3.22. The molecule has 1 spiro atoms. The van der Waals surface area contributed by atoms with Gasteiger partial charge in [0, 0.05) is 17.2 Å². The van der Waals surface area contributed by atoms with Crippen molar-refractivity contribution in [3.63, 3.8) is 0 Å². The van der Waals surface area contributed by atoms with E-state index in [2.05, 4.69) is 38.1 Å². The van der Waals surface area contributed by atoms with Crippen LogP contribution >= 0.6 is 0 Å². The van der Waals surface area contributed by atoms with Crippen molar-refractivity contribution < 1.29 is 18.4 Å². The lowest BCUT2D eigenvalue weighted by Crippen LogP contribution is -2.51. The molecule has 0 bridgehead atoms. The highest BCUT2D eigenvalue weighted by Gasteiger charge is 2.52. The van der Waals surface area contributed by atoms with E-state index in [0.29, 0.717) is 30.7 Å². The minimum atomic E-state index is -0.815. The summed E-state index contributed by atoms with van der Waals surface area (Å²) in [6, 6.07) is 9.96. The molecule has 1 aliphatic heterocycles. The van der Waals surface area contributed by atoms with Gasteiger partial charge in [0.1, 0.15) is 28.8 Å². The molecular formula is C32H42F2N6O2. The highest BCUT2D eigenvalue weighted by Crippen LogP contribution is 2.50. The Hall–Kier alpha value is -3.82. The van der Waals surface area contributed by atoms with Gasteiger partial charge < -0.3 is 21.8 Å². The third-order valence-electron chi connectivity index (χ3n) is 8.63. The van der Waals surface area contributed by atoms with Crippen LogP contribution in [0.4, 0.5) is 8.78 Å². The van der Waals surface area contributed by atoms with Crippen LogP contribution in [0.15, 0.2) is 52.6 Å². The number of rotatable bonds is 9. The van der Waals surface area contributed by atoms with Crippen LogP contribution in [0.1, 0.15) is 100 Å². The number of nitrogens with zero attached hydrogens (tertiary/aromatic N) is 3. The Morgan fingerprint density at radius 1 is 1.14 bits per heavy atom. The third kappa shape index (κ3) is 6.63. The van der Waals surface area contributed by atoms with Crippen LogP contribution in [0.5, 0.6) is 0 Å². The molecule has 0 aromatic heterocycles. The van der Waals surface area contributed by atoms with Gasteiger partial charge >= 0.3 is 0 Å². The van der Waals surface area contributed by atoms with Crippen molar-refractivity contribution in [2.75, 3.05) is 6.54 Å². The Morgan fingerprint density at radius 3 is 2.31 bits per heavy atom. The lowest BCUT2D eigenvalue weighted by Gasteiger charge is -2.47. The first-order valence-electron chi connectivity index (χ1n) is 14.7. The molecule has 0 saturated heterocycles. The quantitative estimate of drug-likeness (QED) is 0.158. The van der Waals surface area contributed by atoms with Gasteiger partial charge in [0.25, 0.3) is 11.8 Å². The number of amides is 2. The van der Waals surface area contributed by atoms with E-state index >= 15 is 0 Å². The van der Waals surface area contributed by atoms with Gasteiger partial charge in [-0.1, -0.05) is 52.7 Å². The molecule has 0 radical (unpaired) electrons. The number of hydrogen-bond acceptors (Lipinski definition) is 5. The molecular weight excluding hydrogens is 538 g/mol. The third-order valence-corrected chi connectivity index (χ3v) is 8.63.